The maximum Gasteiger partial charge on any atom is 0.191 e. The van der Waals surface area contributed by atoms with Crippen molar-refractivity contribution in [2.45, 2.75) is 39.8 Å². The van der Waals surface area contributed by atoms with E-state index in [2.05, 4.69) is 35.5 Å². The molecule has 1 aromatic carbocycles. The Morgan fingerprint density at radius 1 is 1.40 bits per heavy atom. The molecule has 0 aliphatic carbocycles. The van der Waals surface area contributed by atoms with Crippen LogP contribution in [0.2, 0.25) is 0 Å². The van der Waals surface area contributed by atoms with Crippen LogP contribution in [0, 0.1) is 11.3 Å². The third-order valence-electron chi connectivity index (χ3n) is 2.82. The van der Waals surface area contributed by atoms with Gasteiger partial charge in [0, 0.05) is 12.6 Å². The highest BCUT2D eigenvalue weighted by Crippen LogP contribution is 2.05. The quantitative estimate of drug-likeness (QED) is 0.465. The first-order chi connectivity index (χ1) is 9.19. The van der Waals surface area contributed by atoms with Gasteiger partial charge in [-0.15, -0.1) is 24.0 Å². The third-order valence-corrected chi connectivity index (χ3v) is 2.82. The fraction of sp³-hybridized carbons (Fsp3) is 0.467. The molecule has 1 aromatic rings. The van der Waals surface area contributed by atoms with Crippen molar-refractivity contribution in [2.24, 2.45) is 4.99 Å². The summed E-state index contributed by atoms with van der Waals surface area (Å²) >= 11 is 0. The average molecular weight is 386 g/mol. The predicted molar refractivity (Wildman–Crippen MR) is 94.3 cm³/mol. The summed E-state index contributed by atoms with van der Waals surface area (Å²) in [5, 5.41) is 15.4. The molecule has 0 saturated heterocycles. The van der Waals surface area contributed by atoms with Crippen molar-refractivity contribution in [3.63, 3.8) is 0 Å². The van der Waals surface area contributed by atoms with E-state index < -0.39 is 0 Å². The normalized spacial score (nSPS) is 12.0. The van der Waals surface area contributed by atoms with Crippen LogP contribution in [0.1, 0.15) is 38.3 Å². The van der Waals surface area contributed by atoms with E-state index in [0.29, 0.717) is 18.2 Å². The molecule has 0 amide bonds. The zero-order valence-corrected chi connectivity index (χ0v) is 14.6. The summed E-state index contributed by atoms with van der Waals surface area (Å²) in [6.07, 6.45) is 1.05. The average Bonchev–Trinajstić information content (AvgIpc) is 2.45. The van der Waals surface area contributed by atoms with Gasteiger partial charge in [0.25, 0.3) is 0 Å². The molecule has 0 aromatic heterocycles. The van der Waals surface area contributed by atoms with Crippen molar-refractivity contribution in [3.05, 3.63) is 35.4 Å². The van der Waals surface area contributed by atoms with E-state index >= 15 is 0 Å². The Kier molecular flexibility index (Phi) is 9.82. The minimum Gasteiger partial charge on any atom is -0.357 e. The molecule has 0 spiro atoms. The molecule has 1 atom stereocenters. The van der Waals surface area contributed by atoms with Gasteiger partial charge in [0.05, 0.1) is 18.2 Å². The van der Waals surface area contributed by atoms with E-state index in [1.54, 1.807) is 6.07 Å². The molecule has 1 unspecified atom stereocenters. The van der Waals surface area contributed by atoms with E-state index in [1.807, 2.05) is 25.1 Å². The SMILES string of the molecule is CCNC(=NCc1cccc(C#N)c1)NC(C)CC.I. The molecule has 0 saturated carbocycles. The van der Waals surface area contributed by atoms with E-state index in [4.69, 9.17) is 5.26 Å². The number of nitrogens with one attached hydrogen (secondary N) is 2. The lowest BCUT2D eigenvalue weighted by Gasteiger charge is -2.16. The fourth-order valence-electron chi connectivity index (χ4n) is 1.57. The van der Waals surface area contributed by atoms with Gasteiger partial charge in [-0.2, -0.15) is 5.26 Å². The molecule has 4 nitrogen and oxygen atoms in total. The van der Waals surface area contributed by atoms with Crippen LogP contribution >= 0.6 is 24.0 Å². The molecular formula is C15H23IN4. The Morgan fingerprint density at radius 2 is 2.15 bits per heavy atom. The molecule has 20 heavy (non-hydrogen) atoms. The number of benzene rings is 1. The van der Waals surface area contributed by atoms with E-state index in [0.717, 1.165) is 24.5 Å². The molecule has 2 N–H and O–H groups in total. The summed E-state index contributed by atoms with van der Waals surface area (Å²) in [4.78, 5) is 4.53. The van der Waals surface area contributed by atoms with Crippen molar-refractivity contribution in [1.82, 2.24) is 10.6 Å². The van der Waals surface area contributed by atoms with Crippen LogP contribution < -0.4 is 10.6 Å². The predicted octanol–water partition coefficient (Wildman–Crippen LogP) is 3.03. The van der Waals surface area contributed by atoms with Crippen molar-refractivity contribution in [3.8, 4) is 6.07 Å². The number of nitrogens with zero attached hydrogens (tertiary/aromatic N) is 2. The number of hydrogen-bond acceptors (Lipinski definition) is 2. The zero-order valence-electron chi connectivity index (χ0n) is 12.3. The minimum absolute atomic E-state index is 0. The summed E-state index contributed by atoms with van der Waals surface area (Å²) in [6, 6.07) is 10.1. The van der Waals surface area contributed by atoms with Crippen molar-refractivity contribution < 1.29 is 0 Å². The Balaban J connectivity index is 0.00000361. The lowest BCUT2D eigenvalue weighted by Crippen LogP contribution is -2.41. The van der Waals surface area contributed by atoms with Crippen LogP contribution in [0.5, 0.6) is 0 Å². The second-order valence-electron chi connectivity index (χ2n) is 4.46. The molecule has 0 aliphatic heterocycles. The highest BCUT2D eigenvalue weighted by molar-refractivity contribution is 14.0. The fourth-order valence-corrected chi connectivity index (χ4v) is 1.57. The number of guanidine groups is 1. The zero-order chi connectivity index (χ0) is 14.1. The second kappa shape index (κ2) is 10.5. The van der Waals surface area contributed by atoms with Crippen molar-refractivity contribution in [2.75, 3.05) is 6.54 Å². The Morgan fingerprint density at radius 3 is 2.75 bits per heavy atom. The monoisotopic (exact) mass is 386 g/mol. The molecule has 110 valence electrons. The molecular weight excluding hydrogens is 363 g/mol. The molecule has 0 radical (unpaired) electrons. The minimum atomic E-state index is 0. The number of halogens is 1. The third kappa shape index (κ3) is 6.75. The van der Waals surface area contributed by atoms with Crippen LogP contribution in [0.3, 0.4) is 0 Å². The smallest absolute Gasteiger partial charge is 0.191 e. The highest BCUT2D eigenvalue weighted by atomic mass is 127. The molecule has 0 heterocycles. The molecule has 0 aliphatic rings. The summed E-state index contributed by atoms with van der Waals surface area (Å²) in [6.45, 7) is 7.71. The van der Waals surface area contributed by atoms with Crippen LogP contribution in [-0.2, 0) is 6.54 Å². The van der Waals surface area contributed by atoms with E-state index in [1.165, 1.54) is 0 Å². The second-order valence-corrected chi connectivity index (χ2v) is 4.46. The van der Waals surface area contributed by atoms with Gasteiger partial charge in [-0.05, 0) is 38.0 Å². The standard InChI is InChI=1S/C15H22N4.HI/c1-4-12(3)19-15(17-5-2)18-11-14-8-6-7-13(9-14)10-16;/h6-9,12H,4-5,11H2,1-3H3,(H2,17,18,19);1H. The molecule has 0 bridgehead atoms. The summed E-state index contributed by atoms with van der Waals surface area (Å²) in [7, 11) is 0. The number of nitriles is 1. The first kappa shape index (κ1) is 18.7. The Bertz CT molecular complexity index is 465. The molecule has 5 heteroatoms. The van der Waals surface area contributed by atoms with E-state index in [9.17, 15) is 0 Å². The first-order valence-electron chi connectivity index (χ1n) is 6.73. The number of aliphatic imine (C=N–C) groups is 1. The lowest BCUT2D eigenvalue weighted by atomic mass is 10.1. The largest absolute Gasteiger partial charge is 0.357 e. The van der Waals surface area contributed by atoms with Gasteiger partial charge >= 0.3 is 0 Å². The Hall–Kier alpha value is -1.29. The maximum absolute atomic E-state index is 8.86. The molecule has 1 rings (SSSR count). The van der Waals surface area contributed by atoms with Gasteiger partial charge in [0.15, 0.2) is 5.96 Å². The highest BCUT2D eigenvalue weighted by Gasteiger charge is 2.02. The molecule has 0 fully saturated rings. The van der Waals surface area contributed by atoms with Crippen molar-refractivity contribution >= 4 is 29.9 Å². The van der Waals surface area contributed by atoms with Crippen LogP contribution in [-0.4, -0.2) is 18.5 Å². The number of rotatable bonds is 5. The summed E-state index contributed by atoms with van der Waals surface area (Å²) < 4.78 is 0. The van der Waals surface area contributed by atoms with Crippen LogP contribution in [0.4, 0.5) is 0 Å². The van der Waals surface area contributed by atoms with Gasteiger partial charge in [-0.25, -0.2) is 4.99 Å². The Labute approximate surface area is 138 Å². The topological polar surface area (TPSA) is 60.2 Å². The van der Waals surface area contributed by atoms with Crippen LogP contribution in [0.15, 0.2) is 29.3 Å². The van der Waals surface area contributed by atoms with Crippen molar-refractivity contribution in [1.29, 1.82) is 5.26 Å². The maximum atomic E-state index is 8.86. The van der Waals surface area contributed by atoms with E-state index in [-0.39, 0.29) is 24.0 Å². The lowest BCUT2D eigenvalue weighted by molar-refractivity contribution is 0.624. The summed E-state index contributed by atoms with van der Waals surface area (Å²) in [5.41, 5.74) is 1.72. The summed E-state index contributed by atoms with van der Waals surface area (Å²) in [5.74, 6) is 0.819. The van der Waals surface area contributed by atoms with Gasteiger partial charge in [-0.1, -0.05) is 19.1 Å². The van der Waals surface area contributed by atoms with Gasteiger partial charge in [-0.3, -0.25) is 0 Å². The first-order valence-corrected chi connectivity index (χ1v) is 6.73. The van der Waals surface area contributed by atoms with Gasteiger partial charge < -0.3 is 10.6 Å². The van der Waals surface area contributed by atoms with Gasteiger partial charge in [0.2, 0.25) is 0 Å². The van der Waals surface area contributed by atoms with Crippen LogP contribution in [0.25, 0.3) is 0 Å². The number of hydrogen-bond donors (Lipinski definition) is 2. The van der Waals surface area contributed by atoms with Gasteiger partial charge in [0.1, 0.15) is 0 Å².